The Bertz CT molecular complexity index is 619. The van der Waals surface area contributed by atoms with E-state index in [1.54, 1.807) is 7.11 Å². The summed E-state index contributed by atoms with van der Waals surface area (Å²) in [6, 6.07) is 9.68. The van der Waals surface area contributed by atoms with Crippen molar-refractivity contribution in [1.29, 1.82) is 0 Å². The number of ether oxygens (including phenoxy) is 2. The van der Waals surface area contributed by atoms with E-state index in [2.05, 4.69) is 20.6 Å². The average Bonchev–Trinajstić information content (AvgIpc) is 2.53. The average molecular weight is 316 g/mol. The summed E-state index contributed by atoms with van der Waals surface area (Å²) in [6.45, 7) is 6.05. The van der Waals surface area contributed by atoms with Gasteiger partial charge in [-0.15, -0.1) is 0 Å². The van der Waals surface area contributed by atoms with Gasteiger partial charge in [-0.1, -0.05) is 12.1 Å². The summed E-state index contributed by atoms with van der Waals surface area (Å²) in [6.07, 6.45) is 0.926. The van der Waals surface area contributed by atoms with Crippen molar-refractivity contribution in [2.24, 2.45) is 0 Å². The quantitative estimate of drug-likeness (QED) is 0.691. The van der Waals surface area contributed by atoms with Gasteiger partial charge >= 0.3 is 0 Å². The molecule has 0 aliphatic carbocycles. The fourth-order valence-electron chi connectivity index (χ4n) is 2.12. The SMILES string of the molecule is CCOc1ccccc1Nc1nc(C)cc(NCCCOC)n1. The highest BCUT2D eigenvalue weighted by atomic mass is 16.5. The van der Waals surface area contributed by atoms with Crippen molar-refractivity contribution < 1.29 is 9.47 Å². The molecular weight excluding hydrogens is 292 g/mol. The molecule has 0 aliphatic rings. The van der Waals surface area contributed by atoms with Crippen LogP contribution >= 0.6 is 0 Å². The third-order valence-electron chi connectivity index (χ3n) is 3.12. The molecule has 23 heavy (non-hydrogen) atoms. The van der Waals surface area contributed by atoms with Crippen LogP contribution in [0.15, 0.2) is 30.3 Å². The zero-order valence-electron chi connectivity index (χ0n) is 13.9. The van der Waals surface area contributed by atoms with Crippen LogP contribution in [0, 0.1) is 6.92 Å². The van der Waals surface area contributed by atoms with Crippen molar-refractivity contribution >= 4 is 17.5 Å². The molecule has 2 aromatic rings. The van der Waals surface area contributed by atoms with Gasteiger partial charge in [-0.2, -0.15) is 4.98 Å². The van der Waals surface area contributed by atoms with Crippen LogP contribution in [0.1, 0.15) is 19.0 Å². The Morgan fingerprint density at radius 1 is 1.17 bits per heavy atom. The maximum Gasteiger partial charge on any atom is 0.229 e. The monoisotopic (exact) mass is 316 g/mol. The smallest absolute Gasteiger partial charge is 0.229 e. The van der Waals surface area contributed by atoms with Crippen molar-refractivity contribution in [3.05, 3.63) is 36.0 Å². The molecular formula is C17H24N4O2. The van der Waals surface area contributed by atoms with Crippen LogP contribution in [0.3, 0.4) is 0 Å². The van der Waals surface area contributed by atoms with E-state index in [9.17, 15) is 0 Å². The molecule has 1 aromatic heterocycles. The number of aromatic nitrogens is 2. The first kappa shape index (κ1) is 17.0. The van der Waals surface area contributed by atoms with E-state index in [0.717, 1.165) is 42.5 Å². The Morgan fingerprint density at radius 3 is 2.78 bits per heavy atom. The Labute approximate surface area is 137 Å². The van der Waals surface area contributed by atoms with Gasteiger partial charge in [0, 0.05) is 32.0 Å². The van der Waals surface area contributed by atoms with E-state index in [1.165, 1.54) is 0 Å². The molecule has 2 rings (SSSR count). The van der Waals surface area contributed by atoms with E-state index < -0.39 is 0 Å². The molecule has 124 valence electrons. The van der Waals surface area contributed by atoms with Crippen LogP contribution in [-0.2, 0) is 4.74 Å². The molecule has 0 atom stereocenters. The van der Waals surface area contributed by atoms with Crippen LogP contribution < -0.4 is 15.4 Å². The molecule has 0 bridgehead atoms. The van der Waals surface area contributed by atoms with Gasteiger partial charge in [0.1, 0.15) is 11.6 Å². The second kappa shape index (κ2) is 8.95. The van der Waals surface area contributed by atoms with Gasteiger partial charge in [0.05, 0.1) is 12.3 Å². The normalized spacial score (nSPS) is 10.4. The van der Waals surface area contributed by atoms with Gasteiger partial charge in [-0.3, -0.25) is 0 Å². The molecule has 6 nitrogen and oxygen atoms in total. The number of rotatable bonds is 9. The van der Waals surface area contributed by atoms with Crippen LogP contribution in [0.4, 0.5) is 17.5 Å². The third-order valence-corrected chi connectivity index (χ3v) is 3.12. The van der Waals surface area contributed by atoms with Gasteiger partial charge in [0.15, 0.2) is 0 Å². The zero-order chi connectivity index (χ0) is 16.5. The lowest BCUT2D eigenvalue weighted by atomic mass is 10.3. The minimum Gasteiger partial charge on any atom is -0.492 e. The summed E-state index contributed by atoms with van der Waals surface area (Å²) >= 11 is 0. The number of nitrogens with one attached hydrogen (secondary N) is 2. The predicted octanol–water partition coefficient (Wildman–Crippen LogP) is 3.38. The van der Waals surface area contributed by atoms with E-state index in [4.69, 9.17) is 9.47 Å². The standard InChI is InChI=1S/C17H24N4O2/c1-4-23-15-9-6-5-8-14(15)20-17-19-13(2)12-16(21-17)18-10-7-11-22-3/h5-6,8-9,12H,4,7,10-11H2,1-3H3,(H2,18,19,20,21). The summed E-state index contributed by atoms with van der Waals surface area (Å²) in [5.74, 6) is 2.13. The molecule has 1 heterocycles. The highest BCUT2D eigenvalue weighted by Crippen LogP contribution is 2.26. The summed E-state index contributed by atoms with van der Waals surface area (Å²) in [7, 11) is 1.70. The minimum absolute atomic E-state index is 0.548. The number of hydrogen-bond acceptors (Lipinski definition) is 6. The molecule has 0 saturated heterocycles. The topological polar surface area (TPSA) is 68.3 Å². The summed E-state index contributed by atoms with van der Waals surface area (Å²) in [4.78, 5) is 8.93. The van der Waals surface area contributed by atoms with Crippen molar-refractivity contribution in [2.75, 3.05) is 37.5 Å². The van der Waals surface area contributed by atoms with Gasteiger partial charge in [0.25, 0.3) is 0 Å². The molecule has 1 aromatic carbocycles. The second-order valence-electron chi connectivity index (χ2n) is 5.05. The second-order valence-corrected chi connectivity index (χ2v) is 5.05. The lowest BCUT2D eigenvalue weighted by Crippen LogP contribution is -2.08. The number of nitrogens with zero attached hydrogens (tertiary/aromatic N) is 2. The molecule has 0 unspecified atom stereocenters. The van der Waals surface area contributed by atoms with E-state index >= 15 is 0 Å². The van der Waals surface area contributed by atoms with E-state index in [1.807, 2.05) is 44.2 Å². The van der Waals surface area contributed by atoms with E-state index in [0.29, 0.717) is 12.6 Å². The van der Waals surface area contributed by atoms with Crippen LogP contribution in [0.25, 0.3) is 0 Å². The maximum atomic E-state index is 5.61. The lowest BCUT2D eigenvalue weighted by Gasteiger charge is -2.13. The van der Waals surface area contributed by atoms with Crippen molar-refractivity contribution in [3.8, 4) is 5.75 Å². The molecule has 0 radical (unpaired) electrons. The number of para-hydroxylation sites is 2. The molecule has 0 amide bonds. The van der Waals surface area contributed by atoms with Crippen LogP contribution in [0.2, 0.25) is 0 Å². The Morgan fingerprint density at radius 2 is 2.00 bits per heavy atom. The first-order valence-electron chi connectivity index (χ1n) is 7.80. The molecule has 2 N–H and O–H groups in total. The van der Waals surface area contributed by atoms with Crippen molar-refractivity contribution in [2.45, 2.75) is 20.3 Å². The number of benzene rings is 1. The highest BCUT2D eigenvalue weighted by Gasteiger charge is 2.06. The van der Waals surface area contributed by atoms with Crippen molar-refractivity contribution in [3.63, 3.8) is 0 Å². The molecule has 0 fully saturated rings. The van der Waals surface area contributed by atoms with Gasteiger partial charge in [-0.25, -0.2) is 4.98 Å². The number of hydrogen-bond donors (Lipinski definition) is 2. The first-order valence-corrected chi connectivity index (χ1v) is 7.80. The third kappa shape index (κ3) is 5.41. The summed E-state index contributed by atoms with van der Waals surface area (Å²) < 4.78 is 10.7. The fraction of sp³-hybridized carbons (Fsp3) is 0.412. The number of aryl methyl sites for hydroxylation is 1. The van der Waals surface area contributed by atoms with Crippen molar-refractivity contribution in [1.82, 2.24) is 9.97 Å². The summed E-state index contributed by atoms with van der Waals surface area (Å²) in [5.41, 5.74) is 1.75. The molecule has 0 saturated carbocycles. The Balaban J connectivity index is 2.09. The molecule has 6 heteroatoms. The molecule has 0 spiro atoms. The fourth-order valence-corrected chi connectivity index (χ4v) is 2.12. The first-order chi connectivity index (χ1) is 11.2. The molecule has 0 aliphatic heterocycles. The number of anilines is 3. The largest absolute Gasteiger partial charge is 0.492 e. The maximum absolute atomic E-state index is 5.61. The number of methoxy groups -OCH3 is 1. The Kier molecular flexibility index (Phi) is 6.62. The van der Waals surface area contributed by atoms with E-state index in [-0.39, 0.29) is 0 Å². The highest BCUT2D eigenvalue weighted by molar-refractivity contribution is 5.63. The van der Waals surface area contributed by atoms with Gasteiger partial charge in [-0.05, 0) is 32.4 Å². The zero-order valence-corrected chi connectivity index (χ0v) is 13.9. The Hall–Kier alpha value is -2.34. The predicted molar refractivity (Wildman–Crippen MR) is 92.6 cm³/mol. The minimum atomic E-state index is 0.548. The van der Waals surface area contributed by atoms with Gasteiger partial charge < -0.3 is 20.1 Å². The van der Waals surface area contributed by atoms with Crippen LogP contribution in [0.5, 0.6) is 5.75 Å². The lowest BCUT2D eigenvalue weighted by molar-refractivity contribution is 0.198. The summed E-state index contributed by atoms with van der Waals surface area (Å²) in [5, 5.41) is 6.51. The van der Waals surface area contributed by atoms with Crippen LogP contribution in [-0.4, -0.2) is 36.8 Å². The van der Waals surface area contributed by atoms with Gasteiger partial charge in [0.2, 0.25) is 5.95 Å².